The number of carbonyl (C=O) groups excluding carboxylic acids is 8. The van der Waals surface area contributed by atoms with Gasteiger partial charge in [-0.2, -0.15) is 0 Å². The first-order chi connectivity index (χ1) is 53.9. The van der Waals surface area contributed by atoms with Crippen LogP contribution in [-0.4, -0.2) is 97.6 Å². The van der Waals surface area contributed by atoms with Crippen molar-refractivity contribution in [1.29, 1.82) is 0 Å². The van der Waals surface area contributed by atoms with Gasteiger partial charge in [0.2, 0.25) is 41.4 Å². The zero-order valence-electron chi connectivity index (χ0n) is 76.0. The maximum absolute atomic E-state index is 12.2. The molecular formula is C96H175N9O8. The molecule has 0 heterocycles. The van der Waals surface area contributed by atoms with Crippen LogP contribution in [0.4, 0.5) is 0 Å². The zero-order chi connectivity index (χ0) is 85.1. The number of benzene rings is 2. The summed E-state index contributed by atoms with van der Waals surface area (Å²) in [6.07, 6.45) is 45.8. The summed E-state index contributed by atoms with van der Waals surface area (Å²) >= 11 is 0. The van der Waals surface area contributed by atoms with Crippen molar-refractivity contribution in [3.8, 4) is 0 Å². The second-order valence-corrected chi connectivity index (χ2v) is 35.0. The molecule has 0 aliphatic heterocycles. The highest BCUT2D eigenvalue weighted by Crippen LogP contribution is 2.59. The van der Waals surface area contributed by atoms with E-state index in [9.17, 15) is 38.4 Å². The first-order valence-electron chi connectivity index (χ1n) is 46.1. The van der Waals surface area contributed by atoms with Crippen LogP contribution in [0.1, 0.15) is 384 Å². The molecular weight excluding hydrogens is 1410 g/mol. The van der Waals surface area contributed by atoms with Gasteiger partial charge in [-0.25, -0.2) is 0 Å². The molecule has 4 bridgehead atoms. The minimum Gasteiger partial charge on any atom is -0.369 e. The van der Waals surface area contributed by atoms with E-state index in [1.165, 1.54) is 172 Å². The Kier molecular flexibility index (Phi) is 60.9. The van der Waals surface area contributed by atoms with Gasteiger partial charge in [-0.1, -0.05) is 241 Å². The Hall–Kier alpha value is -5.84. The lowest BCUT2D eigenvalue weighted by Crippen LogP contribution is -2.52. The van der Waals surface area contributed by atoms with Crippen LogP contribution in [0.15, 0.2) is 54.6 Å². The van der Waals surface area contributed by atoms with Crippen LogP contribution in [0.3, 0.4) is 0 Å². The van der Waals surface area contributed by atoms with Crippen LogP contribution in [0.25, 0.3) is 0 Å². The van der Waals surface area contributed by atoms with Crippen molar-refractivity contribution in [2.24, 2.45) is 76.1 Å². The molecule has 7 rings (SSSR count). The van der Waals surface area contributed by atoms with Crippen LogP contribution in [0.5, 0.6) is 0 Å². The normalized spacial score (nSPS) is 16.7. The SMILES string of the molecule is CCC(CC)C(=O)NCC(=O)NCC1CCCCC1.CCC(CC)C(=O)NCC(C)(C)N.CCC(CC)C(=O)NCC(C)(C)NC(=O)c1ccccc1.CCC(CC)C(=O)NCC12CC3CC(CC(C3)C1)C2.CCC(CC)C(N)=O.CCCCCCCCCCNC(=O)C(CC)CC.CCCCCCCCc1ccc(C)cc1. The number of nitrogens with two attached hydrogens (primary N) is 2. The number of amides is 8. The third kappa shape index (κ3) is 50.4. The van der Waals surface area contributed by atoms with E-state index in [4.69, 9.17) is 11.5 Å². The fraction of sp³-hybridized carbons (Fsp3) is 0.792. The molecule has 5 saturated carbocycles. The van der Waals surface area contributed by atoms with Gasteiger partial charge in [0.25, 0.3) is 5.91 Å². The highest BCUT2D eigenvalue weighted by molar-refractivity contribution is 5.94. The quantitative estimate of drug-likeness (QED) is 0.0285. The summed E-state index contributed by atoms with van der Waals surface area (Å²) in [6.45, 7) is 42.4. The van der Waals surface area contributed by atoms with Crippen LogP contribution >= 0.6 is 0 Å². The molecule has 8 amide bonds. The van der Waals surface area contributed by atoms with Crippen LogP contribution in [-0.2, 0) is 40.0 Å². The molecule has 2 aromatic rings. The lowest BCUT2D eigenvalue weighted by atomic mass is 9.49. The maximum atomic E-state index is 12.2. The highest BCUT2D eigenvalue weighted by atomic mass is 16.2. The number of primary amides is 1. The van der Waals surface area contributed by atoms with E-state index in [1.807, 2.05) is 101 Å². The molecule has 0 radical (unpaired) electrons. The first kappa shape index (κ1) is 107. The van der Waals surface area contributed by atoms with Crippen molar-refractivity contribution in [3.63, 3.8) is 0 Å². The highest BCUT2D eigenvalue weighted by Gasteiger charge is 2.51. The van der Waals surface area contributed by atoms with Gasteiger partial charge >= 0.3 is 0 Å². The second-order valence-electron chi connectivity index (χ2n) is 35.0. The molecule has 5 aliphatic carbocycles. The van der Waals surface area contributed by atoms with Gasteiger partial charge in [0, 0.05) is 79.3 Å². The molecule has 113 heavy (non-hydrogen) atoms. The molecule has 0 unspecified atom stereocenters. The monoisotopic (exact) mass is 1580 g/mol. The van der Waals surface area contributed by atoms with Crippen molar-refractivity contribution in [2.75, 3.05) is 39.3 Å². The predicted octanol–water partition coefficient (Wildman–Crippen LogP) is 20.5. The van der Waals surface area contributed by atoms with Gasteiger partial charge in [-0.3, -0.25) is 38.4 Å². The number of unbranched alkanes of at least 4 members (excludes halogenated alkanes) is 12. The fourth-order valence-corrected chi connectivity index (χ4v) is 16.3. The number of hydrogen-bond acceptors (Lipinski definition) is 9. The molecule has 17 nitrogen and oxygen atoms in total. The lowest BCUT2D eigenvalue weighted by Gasteiger charge is -2.57. The summed E-state index contributed by atoms with van der Waals surface area (Å²) in [5, 5.41) is 20.7. The lowest BCUT2D eigenvalue weighted by molar-refractivity contribution is -0.128. The summed E-state index contributed by atoms with van der Waals surface area (Å²) < 4.78 is 0. The molecule has 0 atom stereocenters. The summed E-state index contributed by atoms with van der Waals surface area (Å²) in [7, 11) is 0. The molecule has 2 aromatic carbocycles. The van der Waals surface area contributed by atoms with E-state index in [0.717, 1.165) is 121 Å². The van der Waals surface area contributed by atoms with Crippen LogP contribution in [0.2, 0.25) is 0 Å². The average molecular weight is 1580 g/mol. The van der Waals surface area contributed by atoms with Gasteiger partial charge in [0.05, 0.1) is 12.1 Å². The van der Waals surface area contributed by atoms with E-state index < -0.39 is 5.54 Å². The number of carbonyl (C=O) groups is 8. The Balaban J connectivity index is 0.00000131. The number of hydrogen-bond donors (Lipinski definition) is 9. The van der Waals surface area contributed by atoms with Gasteiger partial charge in [0.1, 0.15) is 0 Å². The van der Waals surface area contributed by atoms with Crippen LogP contribution < -0.4 is 48.7 Å². The Morgan fingerprint density at radius 3 is 1.21 bits per heavy atom. The van der Waals surface area contributed by atoms with Gasteiger partial charge in [-0.15, -0.1) is 0 Å². The average Bonchev–Trinajstić information content (AvgIpc) is 0.752. The van der Waals surface area contributed by atoms with E-state index in [1.54, 1.807) is 12.1 Å². The number of aryl methyl sites for hydroxylation is 2. The van der Waals surface area contributed by atoms with E-state index in [2.05, 4.69) is 110 Å². The number of rotatable bonds is 46. The third-order valence-corrected chi connectivity index (χ3v) is 23.9. The predicted molar refractivity (Wildman–Crippen MR) is 476 cm³/mol. The Morgan fingerprint density at radius 1 is 0.434 bits per heavy atom. The fourth-order valence-electron chi connectivity index (χ4n) is 16.3. The van der Waals surface area contributed by atoms with Crippen molar-refractivity contribution in [1.82, 2.24) is 37.2 Å². The molecule has 17 heteroatoms. The van der Waals surface area contributed by atoms with Crippen LogP contribution in [0, 0.1) is 71.5 Å². The summed E-state index contributed by atoms with van der Waals surface area (Å²) in [5.74, 6) is 4.72. The Labute approximate surface area is 692 Å². The molecule has 11 N–H and O–H groups in total. The molecule has 0 saturated heterocycles. The van der Waals surface area contributed by atoms with Gasteiger partial charge in [-0.05, 0) is 229 Å². The summed E-state index contributed by atoms with van der Waals surface area (Å²) in [4.78, 5) is 93.3. The first-order valence-corrected chi connectivity index (χ1v) is 46.1. The molecule has 0 aromatic heterocycles. The van der Waals surface area contributed by atoms with E-state index >= 15 is 0 Å². The van der Waals surface area contributed by atoms with Crippen molar-refractivity contribution >= 4 is 47.3 Å². The maximum Gasteiger partial charge on any atom is 0.251 e. The van der Waals surface area contributed by atoms with Gasteiger partial charge < -0.3 is 48.7 Å². The molecule has 5 aliphatic rings. The smallest absolute Gasteiger partial charge is 0.251 e. The van der Waals surface area contributed by atoms with Crippen molar-refractivity contribution < 1.29 is 38.4 Å². The zero-order valence-corrected chi connectivity index (χ0v) is 76.0. The summed E-state index contributed by atoms with van der Waals surface area (Å²) in [5.41, 5.74) is 13.9. The Bertz CT molecular complexity index is 2740. The third-order valence-electron chi connectivity index (χ3n) is 23.9. The minimum absolute atomic E-state index is 0.00202. The largest absolute Gasteiger partial charge is 0.369 e. The van der Waals surface area contributed by atoms with Crippen molar-refractivity contribution in [3.05, 3.63) is 71.3 Å². The van der Waals surface area contributed by atoms with Gasteiger partial charge in [0.15, 0.2) is 0 Å². The van der Waals surface area contributed by atoms with E-state index in [0.29, 0.717) is 35.9 Å². The second kappa shape index (κ2) is 64.3. The molecule has 0 spiro atoms. The number of nitrogens with one attached hydrogen (secondary N) is 7. The molecule has 5 fully saturated rings. The van der Waals surface area contributed by atoms with Crippen molar-refractivity contribution in [2.45, 2.75) is 387 Å². The minimum atomic E-state index is -0.491. The van der Waals surface area contributed by atoms with E-state index in [-0.39, 0.29) is 88.9 Å². The topological polar surface area (TPSA) is 273 Å². The molecule has 652 valence electrons. The standard InChI is InChI=1S/C17H26N2O2.C17H29NO.C16H33NO.C15H28N2O2.C15H24.C10H22N2O.C6H13NO/c1-5-13(6-2)15(20)18-12-17(3,4)19-16(21)14-10-8-7-9-11-14;1-3-15(4-2)16(19)18-11-17-8-12-5-13(9-17)7-14(6-12)10-17;1-4-7-8-9-10-11-12-13-14-17-16(18)15(5-2)6-3;1-3-13(4-2)15(19)17-11-14(18)16-10-12-8-6-5-7-9-12;1-3-4-5-6-7-8-9-15-12-10-14(2)11-13-15;1-5-8(6-2)9(13)12-7-10(3,4)11;1-3-5(4-2)6(7)8/h7-11,13H,5-6,12H2,1-4H3,(H,18,20)(H,19,21);12-15H,3-11H2,1-2H3,(H,18,19);15H,4-14H2,1-3H3,(H,17,18);12-13H,3-11H2,1-2H3,(H,16,18)(H,17,19);10-13H,3-9H2,1-2H3;8H,5-7,11H2,1-4H3,(H,12,13);5H,3-4H2,1-2H3,(H2,7,8). The Morgan fingerprint density at radius 2 is 0.814 bits per heavy atom. The summed E-state index contributed by atoms with van der Waals surface area (Å²) in [6, 6.07) is 18.0.